The molecule has 0 bridgehead atoms. The monoisotopic (exact) mass is 482 g/mol. The van der Waals surface area contributed by atoms with Crippen molar-refractivity contribution in [1.82, 2.24) is 0 Å². The normalized spacial score (nSPS) is 19.0. The third-order valence-electron chi connectivity index (χ3n) is 5.01. The van der Waals surface area contributed by atoms with E-state index in [1.165, 1.54) is 0 Å². The van der Waals surface area contributed by atoms with Crippen LogP contribution in [-0.2, 0) is 0 Å². The Morgan fingerprint density at radius 1 is 1.04 bits per heavy atom. The van der Waals surface area contributed by atoms with Gasteiger partial charge in [0.25, 0.3) is 0 Å². The van der Waals surface area contributed by atoms with Gasteiger partial charge in [0.1, 0.15) is 5.82 Å². The zero-order valence-electron chi connectivity index (χ0n) is 16.5. The first-order valence-corrected chi connectivity index (χ1v) is 9.49. The average molecular weight is 482 g/mol. The van der Waals surface area contributed by atoms with Gasteiger partial charge >= 0.3 is 0 Å². The van der Waals surface area contributed by atoms with Crippen molar-refractivity contribution in [3.05, 3.63) is 65.0 Å². The first-order chi connectivity index (χ1) is 12.1. The van der Waals surface area contributed by atoms with Crippen LogP contribution in [0.15, 0.2) is 36.4 Å². The number of hydrogen-bond donors (Lipinski definition) is 0. The van der Waals surface area contributed by atoms with Gasteiger partial charge in [-0.2, -0.15) is 18.2 Å². The van der Waals surface area contributed by atoms with Crippen LogP contribution in [0.1, 0.15) is 62.1 Å². The third-order valence-corrected chi connectivity index (χ3v) is 5.01. The van der Waals surface area contributed by atoms with Crippen LogP contribution in [0.4, 0.5) is 4.39 Å². The van der Waals surface area contributed by atoms with E-state index in [4.69, 9.17) is 4.74 Å². The maximum atomic E-state index is 13.7. The van der Waals surface area contributed by atoms with Crippen LogP contribution in [0.25, 0.3) is 0 Å². The summed E-state index contributed by atoms with van der Waals surface area (Å²) in [6.07, 6.45) is 4.55. The number of hydrogen-bond acceptors (Lipinski definition) is 1. The number of rotatable bonds is 4. The first kappa shape index (κ1) is 23.6. The fourth-order valence-corrected chi connectivity index (χ4v) is 3.39. The summed E-state index contributed by atoms with van der Waals surface area (Å²) in [7, 11) is 0. The van der Waals surface area contributed by atoms with Crippen molar-refractivity contribution in [1.29, 1.82) is 0 Å². The second kappa shape index (κ2) is 12.1. The molecule has 3 heteroatoms. The maximum absolute atomic E-state index is 13.7. The molecular formula is C23H30FOPr-. The van der Waals surface area contributed by atoms with Gasteiger partial charge in [-0.05, 0) is 61.6 Å². The summed E-state index contributed by atoms with van der Waals surface area (Å²) in [5, 5.41) is 0. The summed E-state index contributed by atoms with van der Waals surface area (Å²) in [6, 6.07) is 14.6. The molecule has 0 aliphatic heterocycles. The van der Waals surface area contributed by atoms with E-state index in [2.05, 4.69) is 19.1 Å². The zero-order valence-corrected chi connectivity index (χ0v) is 20.2. The van der Waals surface area contributed by atoms with Gasteiger partial charge < -0.3 is 4.74 Å². The Balaban J connectivity index is 0.00000109. The molecule has 0 amide bonds. The van der Waals surface area contributed by atoms with Gasteiger partial charge in [0.15, 0.2) is 0 Å². The fraction of sp³-hybridized carbons (Fsp3) is 0.478. The molecule has 1 fully saturated rings. The SMILES string of the molecule is CC.Cc1ccc(C2CCC(COc3cc[c-]cc3C)CC2)cc1F.[Pr]. The van der Waals surface area contributed by atoms with Crippen molar-refractivity contribution in [2.24, 2.45) is 5.92 Å². The summed E-state index contributed by atoms with van der Waals surface area (Å²) in [5.74, 6) is 1.98. The molecule has 2 aromatic carbocycles. The molecule has 0 heterocycles. The molecule has 1 saturated carbocycles. The van der Waals surface area contributed by atoms with Crippen molar-refractivity contribution in [3.8, 4) is 5.75 Å². The van der Waals surface area contributed by atoms with E-state index in [9.17, 15) is 4.39 Å². The Hall–Kier alpha value is -0.466. The van der Waals surface area contributed by atoms with Crippen LogP contribution in [0.3, 0.4) is 0 Å². The van der Waals surface area contributed by atoms with Gasteiger partial charge in [0.2, 0.25) is 0 Å². The van der Waals surface area contributed by atoms with Crippen LogP contribution in [0, 0.1) is 72.9 Å². The minimum Gasteiger partial charge on any atom is -0.518 e. The standard InChI is InChI=1S/C21H24FO.C2H6.Pr/c1-15-7-10-19(13-20(15)22)18-11-8-17(9-12-18)14-23-21-6-4-3-5-16(21)2;1-2;/h4-7,10,13,17-18H,8-9,11-12,14H2,1-2H3;1-2H3;/q-1;;. The van der Waals surface area contributed by atoms with Gasteiger partial charge in [-0.15, -0.1) is 11.6 Å². The third kappa shape index (κ3) is 6.61. The Labute approximate surface area is 191 Å². The Kier molecular flexibility index (Phi) is 11.0. The zero-order chi connectivity index (χ0) is 18.2. The van der Waals surface area contributed by atoms with Crippen LogP contribution >= 0.6 is 0 Å². The van der Waals surface area contributed by atoms with Gasteiger partial charge in [-0.3, -0.25) is 0 Å². The van der Waals surface area contributed by atoms with E-state index in [1.54, 1.807) is 6.07 Å². The molecule has 1 aliphatic rings. The number of aryl methyl sites for hydroxylation is 2. The smallest absolute Gasteiger partial charge is 0.126 e. The summed E-state index contributed by atoms with van der Waals surface area (Å²) in [6.45, 7) is 8.64. The molecule has 1 aliphatic carbocycles. The maximum Gasteiger partial charge on any atom is 0.126 e. The van der Waals surface area contributed by atoms with E-state index >= 15 is 0 Å². The first-order valence-electron chi connectivity index (χ1n) is 9.49. The number of benzene rings is 2. The molecule has 0 unspecified atom stereocenters. The molecule has 0 saturated heterocycles. The van der Waals surface area contributed by atoms with E-state index in [0.29, 0.717) is 11.8 Å². The van der Waals surface area contributed by atoms with Crippen molar-refractivity contribution < 1.29 is 50.4 Å². The molecule has 2 aromatic rings. The molecule has 0 atom stereocenters. The largest absolute Gasteiger partial charge is 0.518 e. The minimum atomic E-state index is -0.0793. The second-order valence-corrected chi connectivity index (χ2v) is 6.73. The second-order valence-electron chi connectivity index (χ2n) is 6.73. The number of ether oxygens (including phenoxy) is 1. The Bertz CT molecular complexity index is 663. The predicted molar refractivity (Wildman–Crippen MR) is 103 cm³/mol. The molecule has 0 aromatic heterocycles. The van der Waals surface area contributed by atoms with Crippen LogP contribution < -0.4 is 4.74 Å². The fourth-order valence-electron chi connectivity index (χ4n) is 3.39. The molecule has 0 spiro atoms. The molecule has 1 radical (unpaired) electrons. The predicted octanol–water partition coefficient (Wildman–Crippen LogP) is 6.62. The van der Waals surface area contributed by atoms with Crippen molar-refractivity contribution in [2.75, 3.05) is 6.61 Å². The van der Waals surface area contributed by atoms with Gasteiger partial charge in [-0.1, -0.05) is 32.9 Å². The van der Waals surface area contributed by atoms with E-state index < -0.39 is 0 Å². The Morgan fingerprint density at radius 3 is 2.35 bits per heavy atom. The average Bonchev–Trinajstić information content (AvgIpc) is 2.65. The topological polar surface area (TPSA) is 9.23 Å². The summed E-state index contributed by atoms with van der Waals surface area (Å²) >= 11 is 0. The molecule has 3 rings (SSSR count). The van der Waals surface area contributed by atoms with E-state index in [1.807, 2.05) is 45.0 Å². The van der Waals surface area contributed by atoms with E-state index in [-0.39, 0.29) is 47.1 Å². The van der Waals surface area contributed by atoms with Crippen molar-refractivity contribution in [2.45, 2.75) is 59.3 Å². The molecule has 0 N–H and O–H groups in total. The van der Waals surface area contributed by atoms with Crippen molar-refractivity contribution in [3.63, 3.8) is 0 Å². The Morgan fingerprint density at radius 2 is 1.73 bits per heavy atom. The molecule has 139 valence electrons. The molecule has 1 nitrogen and oxygen atoms in total. The van der Waals surface area contributed by atoms with E-state index in [0.717, 1.165) is 54.7 Å². The summed E-state index contributed by atoms with van der Waals surface area (Å²) < 4.78 is 19.7. The summed E-state index contributed by atoms with van der Waals surface area (Å²) in [5.41, 5.74) is 3.02. The quantitative estimate of drug-likeness (QED) is 0.445. The van der Waals surface area contributed by atoms with Gasteiger partial charge in [-0.25, -0.2) is 4.39 Å². The van der Waals surface area contributed by atoms with Crippen LogP contribution in [0.5, 0.6) is 5.75 Å². The molecule has 26 heavy (non-hydrogen) atoms. The molecular weight excluding hydrogens is 452 g/mol. The summed E-state index contributed by atoms with van der Waals surface area (Å²) in [4.78, 5) is 0. The number of halogens is 1. The van der Waals surface area contributed by atoms with Gasteiger partial charge in [0.05, 0.1) is 6.61 Å². The van der Waals surface area contributed by atoms with Crippen LogP contribution in [-0.4, -0.2) is 6.61 Å². The van der Waals surface area contributed by atoms with Gasteiger partial charge in [0, 0.05) is 47.0 Å². The van der Waals surface area contributed by atoms with Crippen LogP contribution in [0.2, 0.25) is 0 Å². The van der Waals surface area contributed by atoms with Crippen molar-refractivity contribution >= 4 is 0 Å². The minimum absolute atomic E-state index is 0.